The molecular weight excluding hydrogens is 197 g/mol. The van der Waals surface area contributed by atoms with Gasteiger partial charge in [-0.1, -0.05) is 0 Å². The van der Waals surface area contributed by atoms with Crippen LogP contribution in [0.1, 0.15) is 10.4 Å². The average molecular weight is 207 g/mol. The molecule has 0 unspecified atom stereocenters. The van der Waals surface area contributed by atoms with Crippen molar-refractivity contribution < 1.29 is 4.39 Å². The minimum Gasteiger partial charge on any atom is -0.244 e. The summed E-state index contributed by atoms with van der Waals surface area (Å²) in [6.45, 7) is 3.91. The van der Waals surface area contributed by atoms with Crippen LogP contribution in [0.5, 0.6) is 0 Å². The van der Waals surface area contributed by atoms with Gasteiger partial charge in [0.1, 0.15) is 10.8 Å². The fraction of sp³-hybridized carbons (Fsp3) is 0.182. The largest absolute Gasteiger partial charge is 0.244 e. The van der Waals surface area contributed by atoms with Gasteiger partial charge in [0.25, 0.3) is 0 Å². The van der Waals surface area contributed by atoms with E-state index < -0.39 is 0 Å². The normalized spacial score (nSPS) is 10.5. The van der Waals surface area contributed by atoms with Crippen molar-refractivity contribution in [2.75, 3.05) is 0 Å². The molecule has 0 spiro atoms. The Labute approximate surface area is 86.2 Å². The van der Waals surface area contributed by atoms with Gasteiger partial charge in [0, 0.05) is 16.6 Å². The minimum atomic E-state index is -0.195. The zero-order valence-corrected chi connectivity index (χ0v) is 8.86. The van der Waals surface area contributed by atoms with Crippen LogP contribution in [0.3, 0.4) is 0 Å². The molecule has 0 saturated carbocycles. The fourth-order valence-corrected chi connectivity index (χ4v) is 2.20. The minimum absolute atomic E-state index is 0.195. The lowest BCUT2D eigenvalue weighted by molar-refractivity contribution is 0.627. The van der Waals surface area contributed by atoms with E-state index in [1.165, 1.54) is 17.0 Å². The summed E-state index contributed by atoms with van der Waals surface area (Å²) < 4.78 is 12.9. The molecule has 0 atom stereocenters. The lowest BCUT2D eigenvalue weighted by Gasteiger charge is -2.01. The summed E-state index contributed by atoms with van der Waals surface area (Å²) in [5.41, 5.74) is 1.95. The number of rotatable bonds is 1. The first-order valence-corrected chi connectivity index (χ1v) is 5.17. The number of aromatic nitrogens is 1. The topological polar surface area (TPSA) is 12.9 Å². The third-order valence-corrected chi connectivity index (χ3v) is 2.99. The van der Waals surface area contributed by atoms with Crippen LogP contribution in [0.15, 0.2) is 24.4 Å². The summed E-state index contributed by atoms with van der Waals surface area (Å²) in [6.07, 6.45) is 1.84. The van der Waals surface area contributed by atoms with E-state index in [2.05, 4.69) is 4.98 Å². The maximum atomic E-state index is 12.9. The van der Waals surface area contributed by atoms with Crippen LogP contribution in [-0.4, -0.2) is 4.98 Å². The molecule has 0 fully saturated rings. The Morgan fingerprint density at radius 1 is 1.29 bits per heavy atom. The highest BCUT2D eigenvalue weighted by molar-refractivity contribution is 7.14. The van der Waals surface area contributed by atoms with Gasteiger partial charge in [0.2, 0.25) is 0 Å². The van der Waals surface area contributed by atoms with Crippen molar-refractivity contribution in [1.29, 1.82) is 0 Å². The maximum absolute atomic E-state index is 12.9. The molecule has 0 aliphatic heterocycles. The van der Waals surface area contributed by atoms with Crippen molar-refractivity contribution in [3.63, 3.8) is 0 Å². The third-order valence-electron chi connectivity index (χ3n) is 2.04. The molecule has 3 heteroatoms. The molecule has 72 valence electrons. The van der Waals surface area contributed by atoms with Crippen molar-refractivity contribution in [3.05, 3.63) is 40.7 Å². The Morgan fingerprint density at radius 2 is 2.07 bits per heavy atom. The molecule has 2 rings (SSSR count). The van der Waals surface area contributed by atoms with Gasteiger partial charge in [0.15, 0.2) is 0 Å². The first-order chi connectivity index (χ1) is 6.66. The van der Waals surface area contributed by atoms with Gasteiger partial charge < -0.3 is 0 Å². The van der Waals surface area contributed by atoms with Crippen LogP contribution in [0.2, 0.25) is 0 Å². The number of benzene rings is 1. The number of nitrogens with zero attached hydrogens (tertiary/aromatic N) is 1. The standard InChI is InChI=1S/C11H10FNS/c1-7-5-9(12)3-4-10(7)11-13-6-8(2)14-11/h3-6H,1-2H3. The second-order valence-electron chi connectivity index (χ2n) is 3.24. The first-order valence-electron chi connectivity index (χ1n) is 4.36. The molecule has 1 heterocycles. The molecule has 0 aliphatic carbocycles. The van der Waals surface area contributed by atoms with Crippen LogP contribution in [0.4, 0.5) is 4.39 Å². The average Bonchev–Trinajstić information content (AvgIpc) is 2.51. The van der Waals surface area contributed by atoms with E-state index in [4.69, 9.17) is 0 Å². The highest BCUT2D eigenvalue weighted by Crippen LogP contribution is 2.27. The zero-order chi connectivity index (χ0) is 10.1. The second kappa shape index (κ2) is 3.50. The summed E-state index contributed by atoms with van der Waals surface area (Å²) in [5.74, 6) is -0.195. The molecule has 0 aliphatic rings. The lowest BCUT2D eigenvalue weighted by Crippen LogP contribution is -1.83. The van der Waals surface area contributed by atoms with E-state index in [0.717, 1.165) is 16.1 Å². The monoisotopic (exact) mass is 207 g/mol. The van der Waals surface area contributed by atoms with E-state index in [0.29, 0.717) is 0 Å². The quantitative estimate of drug-likeness (QED) is 0.696. The van der Waals surface area contributed by atoms with E-state index >= 15 is 0 Å². The highest BCUT2D eigenvalue weighted by atomic mass is 32.1. The van der Waals surface area contributed by atoms with E-state index in [1.54, 1.807) is 17.4 Å². The number of halogens is 1. The van der Waals surface area contributed by atoms with Gasteiger partial charge in [0.05, 0.1) is 0 Å². The fourth-order valence-electron chi connectivity index (χ4n) is 1.35. The molecule has 2 aromatic rings. The summed E-state index contributed by atoms with van der Waals surface area (Å²) in [7, 11) is 0. The van der Waals surface area contributed by atoms with Crippen molar-refractivity contribution in [1.82, 2.24) is 4.98 Å². The van der Waals surface area contributed by atoms with Crippen molar-refractivity contribution >= 4 is 11.3 Å². The number of aryl methyl sites for hydroxylation is 2. The van der Waals surface area contributed by atoms with Crippen LogP contribution in [0, 0.1) is 19.7 Å². The van der Waals surface area contributed by atoms with Crippen LogP contribution in [-0.2, 0) is 0 Å². The molecule has 0 radical (unpaired) electrons. The van der Waals surface area contributed by atoms with Crippen molar-refractivity contribution in [2.45, 2.75) is 13.8 Å². The van der Waals surface area contributed by atoms with Crippen LogP contribution >= 0.6 is 11.3 Å². The van der Waals surface area contributed by atoms with Crippen molar-refractivity contribution in [3.8, 4) is 10.6 Å². The third kappa shape index (κ3) is 1.68. The molecule has 1 aromatic carbocycles. The summed E-state index contributed by atoms with van der Waals surface area (Å²) in [6, 6.07) is 4.79. The smallest absolute Gasteiger partial charge is 0.123 e. The van der Waals surface area contributed by atoms with Gasteiger partial charge in [-0.25, -0.2) is 9.37 Å². The summed E-state index contributed by atoms with van der Waals surface area (Å²) in [4.78, 5) is 5.44. The maximum Gasteiger partial charge on any atom is 0.123 e. The molecule has 0 saturated heterocycles. The highest BCUT2D eigenvalue weighted by Gasteiger charge is 2.06. The Hall–Kier alpha value is -1.22. The summed E-state index contributed by atoms with van der Waals surface area (Å²) in [5, 5.41) is 0.958. The number of hydrogen-bond donors (Lipinski definition) is 0. The Morgan fingerprint density at radius 3 is 2.64 bits per heavy atom. The predicted molar refractivity (Wildman–Crippen MR) is 57.0 cm³/mol. The van der Waals surface area contributed by atoms with Gasteiger partial charge in [-0.3, -0.25) is 0 Å². The zero-order valence-electron chi connectivity index (χ0n) is 8.04. The Balaban J connectivity index is 2.52. The molecular formula is C11H10FNS. The molecule has 0 N–H and O–H groups in total. The Kier molecular flexibility index (Phi) is 2.33. The predicted octanol–water partition coefficient (Wildman–Crippen LogP) is 3.57. The molecule has 14 heavy (non-hydrogen) atoms. The second-order valence-corrected chi connectivity index (χ2v) is 4.47. The molecule has 0 amide bonds. The van der Waals surface area contributed by atoms with Crippen LogP contribution < -0.4 is 0 Å². The van der Waals surface area contributed by atoms with Gasteiger partial charge in [-0.2, -0.15) is 0 Å². The van der Waals surface area contributed by atoms with E-state index in [-0.39, 0.29) is 5.82 Å². The first kappa shape index (κ1) is 9.34. The van der Waals surface area contributed by atoms with Crippen LogP contribution in [0.25, 0.3) is 10.6 Å². The van der Waals surface area contributed by atoms with Gasteiger partial charge in [-0.05, 0) is 37.6 Å². The summed E-state index contributed by atoms with van der Waals surface area (Å²) >= 11 is 1.63. The van der Waals surface area contributed by atoms with Gasteiger partial charge >= 0.3 is 0 Å². The van der Waals surface area contributed by atoms with E-state index in [9.17, 15) is 4.39 Å². The number of thiazole rings is 1. The van der Waals surface area contributed by atoms with Crippen molar-refractivity contribution in [2.24, 2.45) is 0 Å². The molecule has 1 nitrogen and oxygen atoms in total. The molecule has 1 aromatic heterocycles. The number of hydrogen-bond acceptors (Lipinski definition) is 2. The van der Waals surface area contributed by atoms with Gasteiger partial charge in [-0.15, -0.1) is 11.3 Å². The Bertz CT molecular complexity index is 462. The molecule has 0 bridgehead atoms. The van der Waals surface area contributed by atoms with E-state index in [1.807, 2.05) is 20.0 Å². The SMILES string of the molecule is Cc1cnc(-c2ccc(F)cc2C)s1. The lowest BCUT2D eigenvalue weighted by atomic mass is 10.1.